The zero-order valence-corrected chi connectivity index (χ0v) is 20.4. The number of hydrogen-bond donors (Lipinski definition) is 2. The minimum atomic E-state index is -1.06. The third kappa shape index (κ3) is 5.08. The van der Waals surface area contributed by atoms with Crippen LogP contribution in [0, 0.1) is 11.6 Å². The molecule has 1 fully saturated rings. The van der Waals surface area contributed by atoms with Gasteiger partial charge in [0.1, 0.15) is 0 Å². The van der Waals surface area contributed by atoms with Gasteiger partial charge in [0.2, 0.25) is 5.91 Å². The molecule has 9 nitrogen and oxygen atoms in total. The van der Waals surface area contributed by atoms with Gasteiger partial charge in [0.25, 0.3) is 5.88 Å². The zero-order valence-electron chi connectivity index (χ0n) is 20.4. The lowest BCUT2D eigenvalue weighted by Crippen LogP contribution is -2.45. The van der Waals surface area contributed by atoms with Gasteiger partial charge in [-0.15, -0.1) is 0 Å². The van der Waals surface area contributed by atoms with Gasteiger partial charge in [-0.1, -0.05) is 18.2 Å². The molecule has 2 aromatic heterocycles. The topological polar surface area (TPSA) is 101 Å². The predicted molar refractivity (Wildman–Crippen MR) is 135 cm³/mol. The number of likely N-dealkylation sites (tertiary alicyclic amines) is 1. The first-order valence-electron chi connectivity index (χ1n) is 11.9. The predicted octanol–water partition coefficient (Wildman–Crippen LogP) is 4.32. The minimum Gasteiger partial charge on any atom is -0.478 e. The van der Waals surface area contributed by atoms with Gasteiger partial charge >= 0.3 is 6.03 Å². The minimum absolute atomic E-state index is 0.00629. The summed E-state index contributed by atoms with van der Waals surface area (Å²) in [4.78, 5) is 35.3. The molecule has 3 heterocycles. The van der Waals surface area contributed by atoms with Crippen molar-refractivity contribution in [2.45, 2.75) is 32.4 Å². The van der Waals surface area contributed by atoms with E-state index in [1.807, 2.05) is 30.5 Å². The molecule has 0 atom stereocenters. The van der Waals surface area contributed by atoms with Crippen molar-refractivity contribution in [1.29, 1.82) is 0 Å². The van der Waals surface area contributed by atoms with Crippen molar-refractivity contribution in [2.75, 3.05) is 25.5 Å². The van der Waals surface area contributed by atoms with Crippen molar-refractivity contribution in [1.82, 2.24) is 24.8 Å². The van der Waals surface area contributed by atoms with Crippen molar-refractivity contribution in [3.8, 4) is 5.88 Å². The third-order valence-corrected chi connectivity index (χ3v) is 6.55. The Kier molecular flexibility index (Phi) is 6.70. The van der Waals surface area contributed by atoms with E-state index in [0.717, 1.165) is 54.5 Å². The molecule has 0 aliphatic carbocycles. The van der Waals surface area contributed by atoms with Crippen LogP contribution in [0.2, 0.25) is 0 Å². The van der Waals surface area contributed by atoms with E-state index < -0.39 is 17.7 Å². The number of aromatic nitrogens is 3. The van der Waals surface area contributed by atoms with Crippen LogP contribution in [0.3, 0.4) is 0 Å². The number of carbonyl (C=O) groups excluding carboxylic acids is 2. The Morgan fingerprint density at radius 1 is 1.08 bits per heavy atom. The molecule has 37 heavy (non-hydrogen) atoms. The monoisotopic (exact) mass is 508 g/mol. The third-order valence-electron chi connectivity index (χ3n) is 6.55. The average Bonchev–Trinajstić information content (AvgIpc) is 3.24. The summed E-state index contributed by atoms with van der Waals surface area (Å²) in [5.74, 6) is -2.12. The van der Waals surface area contributed by atoms with Crippen LogP contribution < -0.4 is 15.4 Å². The fourth-order valence-corrected chi connectivity index (χ4v) is 4.70. The number of ether oxygens (including phenoxy) is 1. The first kappa shape index (κ1) is 24.6. The number of halogens is 2. The lowest BCUT2D eigenvalue weighted by molar-refractivity contribution is 0.0941. The Morgan fingerprint density at radius 3 is 2.43 bits per heavy atom. The number of para-hydroxylation sites is 1. The van der Waals surface area contributed by atoms with Crippen LogP contribution in [0.15, 0.2) is 42.6 Å². The number of methoxy groups -OCH3 is 1. The van der Waals surface area contributed by atoms with E-state index in [-0.39, 0.29) is 34.7 Å². The molecule has 0 saturated carbocycles. The second-order valence-electron chi connectivity index (χ2n) is 9.05. The lowest BCUT2D eigenvalue weighted by atomic mass is 10.0. The summed E-state index contributed by atoms with van der Waals surface area (Å²) in [5.41, 5.74) is 2.20. The van der Waals surface area contributed by atoms with Gasteiger partial charge in [0.05, 0.1) is 23.7 Å². The van der Waals surface area contributed by atoms with E-state index in [4.69, 9.17) is 4.74 Å². The standard InChI is InChI=1S/C26H26F2N6O3/c1-15(35)34-14-16(18-5-3-4-6-23(18)34)13-33-9-7-17(8-10-33)29-26(36)32-24-25(37-2)31-22-12-20(28)19(27)11-21(22)30-24/h3-6,11-12,14,17H,7-10,13H2,1-2H3,(H2,29,30,32,36). The van der Waals surface area contributed by atoms with Crippen molar-refractivity contribution in [3.05, 3.63) is 59.8 Å². The molecular weight excluding hydrogens is 482 g/mol. The Balaban J connectivity index is 1.20. The summed E-state index contributed by atoms with van der Waals surface area (Å²) in [5, 5.41) is 6.60. The normalized spacial score (nSPS) is 14.7. The quantitative estimate of drug-likeness (QED) is 0.417. The maximum Gasteiger partial charge on any atom is 0.320 e. The molecule has 2 N–H and O–H groups in total. The van der Waals surface area contributed by atoms with Gasteiger partial charge in [-0.25, -0.2) is 23.5 Å². The summed E-state index contributed by atoms with van der Waals surface area (Å²) < 4.78 is 34.0. The Hall–Kier alpha value is -4.12. The molecule has 0 radical (unpaired) electrons. The van der Waals surface area contributed by atoms with Gasteiger partial charge in [-0.3, -0.25) is 19.6 Å². The number of rotatable bonds is 5. The summed E-state index contributed by atoms with van der Waals surface area (Å²) in [7, 11) is 1.35. The van der Waals surface area contributed by atoms with Gasteiger partial charge < -0.3 is 10.1 Å². The number of anilines is 1. The zero-order chi connectivity index (χ0) is 26.1. The molecule has 2 aromatic carbocycles. The number of benzene rings is 2. The molecular formula is C26H26F2N6O3. The smallest absolute Gasteiger partial charge is 0.320 e. The summed E-state index contributed by atoms with van der Waals surface area (Å²) in [6.45, 7) is 3.80. The summed E-state index contributed by atoms with van der Waals surface area (Å²) >= 11 is 0. The van der Waals surface area contributed by atoms with Crippen LogP contribution in [0.25, 0.3) is 21.9 Å². The molecule has 5 rings (SSSR count). The number of carbonyl (C=O) groups is 2. The van der Waals surface area contributed by atoms with Gasteiger partial charge in [-0.2, -0.15) is 0 Å². The summed E-state index contributed by atoms with van der Waals surface area (Å²) in [6, 6.07) is 9.16. The van der Waals surface area contributed by atoms with Crippen LogP contribution in [0.4, 0.5) is 19.4 Å². The van der Waals surface area contributed by atoms with Crippen LogP contribution in [-0.4, -0.2) is 57.6 Å². The van der Waals surface area contributed by atoms with Crippen LogP contribution in [0.5, 0.6) is 5.88 Å². The van der Waals surface area contributed by atoms with Crippen molar-refractivity contribution in [2.24, 2.45) is 0 Å². The number of nitrogens with one attached hydrogen (secondary N) is 2. The SMILES string of the molecule is COc1nc2cc(F)c(F)cc2nc1NC(=O)NC1CCN(Cc2cn(C(C)=O)c3ccccc23)CC1. The van der Waals surface area contributed by atoms with Gasteiger partial charge in [0.15, 0.2) is 17.5 Å². The molecule has 0 spiro atoms. The van der Waals surface area contributed by atoms with E-state index in [1.165, 1.54) is 7.11 Å². The summed E-state index contributed by atoms with van der Waals surface area (Å²) in [6.07, 6.45) is 3.39. The first-order valence-corrected chi connectivity index (χ1v) is 11.9. The number of nitrogens with zero attached hydrogens (tertiary/aromatic N) is 4. The highest BCUT2D eigenvalue weighted by atomic mass is 19.2. The van der Waals surface area contributed by atoms with Crippen molar-refractivity contribution < 1.29 is 23.1 Å². The fraction of sp³-hybridized carbons (Fsp3) is 0.308. The molecule has 192 valence electrons. The molecule has 2 amide bonds. The van der Waals surface area contributed by atoms with E-state index in [0.29, 0.717) is 6.54 Å². The maximum absolute atomic E-state index is 13.6. The van der Waals surface area contributed by atoms with E-state index >= 15 is 0 Å². The Labute approximate surface area is 211 Å². The van der Waals surface area contributed by atoms with Gasteiger partial charge in [0, 0.05) is 56.3 Å². The molecule has 4 aromatic rings. The Bertz CT molecular complexity index is 1500. The second-order valence-corrected chi connectivity index (χ2v) is 9.05. The number of fused-ring (bicyclic) bond motifs is 2. The highest BCUT2D eigenvalue weighted by Crippen LogP contribution is 2.26. The first-order chi connectivity index (χ1) is 17.8. The van der Waals surface area contributed by atoms with Crippen LogP contribution >= 0.6 is 0 Å². The largest absolute Gasteiger partial charge is 0.478 e. The second kappa shape index (κ2) is 10.1. The van der Waals surface area contributed by atoms with E-state index in [1.54, 1.807) is 11.5 Å². The van der Waals surface area contributed by atoms with Crippen LogP contribution in [0.1, 0.15) is 30.1 Å². The molecule has 1 aliphatic rings. The van der Waals surface area contributed by atoms with E-state index in [9.17, 15) is 18.4 Å². The molecule has 11 heteroatoms. The van der Waals surface area contributed by atoms with E-state index in [2.05, 4.69) is 25.5 Å². The molecule has 1 saturated heterocycles. The molecule has 1 aliphatic heterocycles. The van der Waals surface area contributed by atoms with Crippen molar-refractivity contribution >= 4 is 39.7 Å². The number of urea groups is 1. The Morgan fingerprint density at radius 2 is 1.76 bits per heavy atom. The fourth-order valence-electron chi connectivity index (χ4n) is 4.70. The number of amides is 2. The lowest BCUT2D eigenvalue weighted by Gasteiger charge is -2.32. The maximum atomic E-state index is 13.6. The molecule has 0 unspecified atom stereocenters. The highest BCUT2D eigenvalue weighted by molar-refractivity contribution is 5.93. The highest BCUT2D eigenvalue weighted by Gasteiger charge is 2.23. The van der Waals surface area contributed by atoms with Crippen LogP contribution in [-0.2, 0) is 6.54 Å². The number of hydrogen-bond acceptors (Lipinski definition) is 6. The average molecular weight is 509 g/mol. The van der Waals surface area contributed by atoms with Gasteiger partial charge in [-0.05, 0) is 24.5 Å². The number of piperidine rings is 1. The van der Waals surface area contributed by atoms with Crippen molar-refractivity contribution in [3.63, 3.8) is 0 Å². The molecule has 0 bridgehead atoms.